The molecule has 102 valence electrons. The van der Waals surface area contributed by atoms with Crippen LogP contribution in [-0.2, 0) is 9.59 Å². The standard InChI is InChI=1S/C11H20N4O3/c1-13-5-7-15(8-9-16)6-3-2-4-10(12)11(17)14-18/h8,10,13H,2-7,12H2,1H3. The van der Waals surface area contributed by atoms with Crippen molar-refractivity contribution >= 4 is 11.8 Å². The molecule has 1 atom stereocenters. The van der Waals surface area contributed by atoms with Crippen LogP contribution < -0.4 is 11.1 Å². The van der Waals surface area contributed by atoms with Crippen LogP contribution in [0.3, 0.4) is 0 Å². The van der Waals surface area contributed by atoms with Crippen LogP contribution in [0.2, 0.25) is 0 Å². The fraction of sp³-hybridized carbons (Fsp3) is 0.727. The van der Waals surface area contributed by atoms with E-state index in [2.05, 4.69) is 10.5 Å². The monoisotopic (exact) mass is 256 g/mol. The molecule has 0 fully saturated rings. The third-order valence-corrected chi connectivity index (χ3v) is 2.50. The molecular formula is C11H20N4O3. The van der Waals surface area contributed by atoms with Gasteiger partial charge in [-0.1, -0.05) is 0 Å². The van der Waals surface area contributed by atoms with Gasteiger partial charge in [0.05, 0.1) is 12.2 Å². The molecule has 0 aromatic carbocycles. The molecule has 3 N–H and O–H groups in total. The van der Waals surface area contributed by atoms with Gasteiger partial charge < -0.3 is 16.0 Å². The third kappa shape index (κ3) is 7.67. The largest absolute Gasteiger partial charge is 0.367 e. The first-order chi connectivity index (χ1) is 8.65. The van der Waals surface area contributed by atoms with Gasteiger partial charge in [0, 0.05) is 24.8 Å². The minimum absolute atomic E-state index is 0.426. The normalized spacial score (nSPS) is 11.4. The molecule has 0 aromatic rings. The summed E-state index contributed by atoms with van der Waals surface area (Å²) in [6.45, 7) is 2.17. The Morgan fingerprint density at radius 2 is 2.22 bits per heavy atom. The Hall–Kier alpha value is -1.56. The van der Waals surface area contributed by atoms with Crippen molar-refractivity contribution in [3.8, 4) is 0 Å². The molecular weight excluding hydrogens is 236 g/mol. The van der Waals surface area contributed by atoms with Gasteiger partial charge >= 0.3 is 5.91 Å². The topological polar surface area (TPSA) is 105 Å². The van der Waals surface area contributed by atoms with Crippen molar-refractivity contribution in [3.05, 3.63) is 11.1 Å². The summed E-state index contributed by atoms with van der Waals surface area (Å²) in [7, 11) is 1.83. The third-order valence-electron chi connectivity index (χ3n) is 2.50. The first kappa shape index (κ1) is 16.4. The maximum atomic E-state index is 10.8. The lowest BCUT2D eigenvalue weighted by molar-refractivity contribution is -0.119. The lowest BCUT2D eigenvalue weighted by Gasteiger charge is -2.18. The highest BCUT2D eigenvalue weighted by molar-refractivity contribution is 5.81. The molecule has 1 amide bonds. The second-order valence-electron chi connectivity index (χ2n) is 3.92. The molecule has 0 aliphatic heterocycles. The maximum absolute atomic E-state index is 10.8. The van der Waals surface area contributed by atoms with E-state index in [1.807, 2.05) is 11.9 Å². The van der Waals surface area contributed by atoms with E-state index in [0.29, 0.717) is 25.9 Å². The molecule has 0 saturated heterocycles. The first-order valence-electron chi connectivity index (χ1n) is 5.88. The summed E-state index contributed by atoms with van der Waals surface area (Å²) in [6.07, 6.45) is 3.28. The molecule has 0 aliphatic rings. The van der Waals surface area contributed by atoms with E-state index in [1.54, 1.807) is 5.94 Å². The predicted octanol–water partition coefficient (Wildman–Crippen LogP) is -0.356. The number of hydrogen-bond donors (Lipinski definition) is 2. The second-order valence-corrected chi connectivity index (χ2v) is 3.92. The van der Waals surface area contributed by atoms with E-state index >= 15 is 0 Å². The average molecular weight is 256 g/mol. The molecule has 0 saturated carbocycles. The Morgan fingerprint density at radius 1 is 1.50 bits per heavy atom. The van der Waals surface area contributed by atoms with E-state index in [9.17, 15) is 14.5 Å². The summed E-state index contributed by atoms with van der Waals surface area (Å²) < 4.78 is 0. The van der Waals surface area contributed by atoms with Gasteiger partial charge in [0.25, 0.3) is 0 Å². The van der Waals surface area contributed by atoms with E-state index in [4.69, 9.17) is 5.73 Å². The van der Waals surface area contributed by atoms with E-state index in [1.165, 1.54) is 6.20 Å². The molecule has 0 radical (unpaired) electrons. The molecule has 0 rings (SSSR count). The number of carbonyl (C=O) groups excluding carboxylic acids is 2. The Labute approximate surface area is 106 Å². The smallest absolute Gasteiger partial charge is 0.302 e. The van der Waals surface area contributed by atoms with Gasteiger partial charge in [-0.05, 0) is 26.3 Å². The predicted molar refractivity (Wildman–Crippen MR) is 68.4 cm³/mol. The summed E-state index contributed by atoms with van der Waals surface area (Å²) >= 11 is 0. The molecule has 18 heavy (non-hydrogen) atoms. The van der Waals surface area contributed by atoms with Gasteiger partial charge in [0.15, 0.2) is 0 Å². The second kappa shape index (κ2) is 10.6. The molecule has 0 aromatic heterocycles. The number of nitrogens with one attached hydrogen (secondary N) is 1. The summed E-state index contributed by atoms with van der Waals surface area (Å²) in [6, 6.07) is -0.810. The highest BCUT2D eigenvalue weighted by atomic mass is 16.3. The molecule has 7 heteroatoms. The maximum Gasteiger partial charge on any atom is 0.302 e. The lowest BCUT2D eigenvalue weighted by atomic mass is 10.1. The van der Waals surface area contributed by atoms with Crippen LogP contribution in [0.15, 0.2) is 11.4 Å². The molecule has 0 aliphatic carbocycles. The molecule has 0 bridgehead atoms. The summed E-state index contributed by atoms with van der Waals surface area (Å²) in [5, 5.41) is 5.27. The number of amides is 1. The van der Waals surface area contributed by atoms with Gasteiger partial charge in [-0.3, -0.25) is 4.79 Å². The Kier molecular flexibility index (Phi) is 9.67. The van der Waals surface area contributed by atoms with Crippen LogP contribution in [0.1, 0.15) is 19.3 Å². The van der Waals surface area contributed by atoms with Gasteiger partial charge in [-0.25, -0.2) is 4.79 Å². The fourth-order valence-electron chi connectivity index (χ4n) is 1.44. The van der Waals surface area contributed by atoms with Crippen LogP contribution >= 0.6 is 0 Å². The quantitative estimate of drug-likeness (QED) is 0.314. The van der Waals surface area contributed by atoms with Crippen molar-refractivity contribution in [3.63, 3.8) is 0 Å². The first-order valence-corrected chi connectivity index (χ1v) is 5.88. The van der Waals surface area contributed by atoms with Crippen LogP contribution in [0.4, 0.5) is 0 Å². The Morgan fingerprint density at radius 3 is 2.78 bits per heavy atom. The van der Waals surface area contributed by atoms with Crippen molar-refractivity contribution < 1.29 is 9.59 Å². The fourth-order valence-corrected chi connectivity index (χ4v) is 1.44. The Bertz CT molecular complexity index is 303. The zero-order chi connectivity index (χ0) is 13.8. The van der Waals surface area contributed by atoms with Gasteiger partial charge in [0.2, 0.25) is 0 Å². The zero-order valence-corrected chi connectivity index (χ0v) is 10.6. The minimum Gasteiger partial charge on any atom is -0.367 e. The van der Waals surface area contributed by atoms with Crippen molar-refractivity contribution in [2.75, 3.05) is 26.7 Å². The average Bonchev–Trinajstić information content (AvgIpc) is 2.39. The molecule has 7 nitrogen and oxygen atoms in total. The SMILES string of the molecule is CNCCN(C=C=O)CCCCC(N)C(=O)N=O. The van der Waals surface area contributed by atoms with Gasteiger partial charge in [-0.15, -0.1) is 4.91 Å². The van der Waals surface area contributed by atoms with Gasteiger partial charge in [-0.2, -0.15) is 0 Å². The number of nitroso groups, excluding NO2 is 1. The number of nitrogens with zero attached hydrogens (tertiary/aromatic N) is 2. The lowest BCUT2D eigenvalue weighted by Crippen LogP contribution is -2.30. The molecule has 0 spiro atoms. The number of nitrogens with two attached hydrogens (primary N) is 1. The minimum atomic E-state index is -0.810. The van der Waals surface area contributed by atoms with Crippen molar-refractivity contribution in [2.24, 2.45) is 10.9 Å². The number of hydrogen-bond acceptors (Lipinski definition) is 6. The number of rotatable bonds is 10. The van der Waals surface area contributed by atoms with Crippen molar-refractivity contribution in [1.82, 2.24) is 10.2 Å². The number of carbonyl (C=O) groups is 1. The molecule has 0 heterocycles. The van der Waals surface area contributed by atoms with Crippen LogP contribution in [-0.4, -0.2) is 49.5 Å². The summed E-state index contributed by atoms with van der Waals surface area (Å²) in [5.74, 6) is 0.931. The summed E-state index contributed by atoms with van der Waals surface area (Å²) in [5.41, 5.74) is 5.45. The van der Waals surface area contributed by atoms with E-state index in [-0.39, 0.29) is 0 Å². The number of unbranched alkanes of at least 4 members (excludes halogenated alkanes) is 1. The summed E-state index contributed by atoms with van der Waals surface area (Å²) in [4.78, 5) is 32.9. The highest BCUT2D eigenvalue weighted by Gasteiger charge is 2.12. The van der Waals surface area contributed by atoms with E-state index in [0.717, 1.165) is 13.0 Å². The van der Waals surface area contributed by atoms with Crippen LogP contribution in [0, 0.1) is 4.91 Å². The van der Waals surface area contributed by atoms with Crippen LogP contribution in [0.5, 0.6) is 0 Å². The zero-order valence-electron chi connectivity index (χ0n) is 10.6. The van der Waals surface area contributed by atoms with Crippen molar-refractivity contribution in [1.29, 1.82) is 0 Å². The van der Waals surface area contributed by atoms with E-state index < -0.39 is 11.9 Å². The number of likely N-dealkylation sites (N-methyl/N-ethyl adjacent to an activating group) is 1. The van der Waals surface area contributed by atoms with Crippen LogP contribution in [0.25, 0.3) is 0 Å². The van der Waals surface area contributed by atoms with Gasteiger partial charge in [0.1, 0.15) is 5.94 Å². The van der Waals surface area contributed by atoms with Crippen molar-refractivity contribution in [2.45, 2.75) is 25.3 Å². The molecule has 1 unspecified atom stereocenters. The Balaban J connectivity index is 3.81. The highest BCUT2D eigenvalue weighted by Crippen LogP contribution is 2.02.